The van der Waals surface area contributed by atoms with E-state index < -0.39 is 0 Å². The van der Waals surface area contributed by atoms with E-state index in [4.69, 9.17) is 23.8 Å². The minimum absolute atomic E-state index is 0.114. The fourth-order valence-electron chi connectivity index (χ4n) is 4.63. The number of rotatable bonds is 5. The van der Waals surface area contributed by atoms with Crippen molar-refractivity contribution in [1.82, 2.24) is 9.47 Å². The molecule has 0 radical (unpaired) electrons. The number of amides is 1. The van der Waals surface area contributed by atoms with Crippen molar-refractivity contribution in [3.8, 4) is 6.07 Å². The second-order valence-electron chi connectivity index (χ2n) is 8.66. The molecule has 1 amide bonds. The van der Waals surface area contributed by atoms with Crippen LogP contribution in [-0.4, -0.2) is 32.8 Å². The van der Waals surface area contributed by atoms with Crippen LogP contribution in [0.3, 0.4) is 0 Å². The Hall–Kier alpha value is -2.60. The van der Waals surface area contributed by atoms with Crippen LogP contribution in [0.4, 0.5) is 5.82 Å². The summed E-state index contributed by atoms with van der Waals surface area (Å²) in [5, 5.41) is 10.3. The average Bonchev–Trinajstić information content (AvgIpc) is 3.02. The molecule has 2 saturated heterocycles. The maximum atomic E-state index is 13.4. The van der Waals surface area contributed by atoms with Crippen molar-refractivity contribution in [3.63, 3.8) is 0 Å². The van der Waals surface area contributed by atoms with Gasteiger partial charge in [0.1, 0.15) is 21.8 Å². The number of benzene rings is 1. The normalized spacial score (nSPS) is 17.7. The lowest BCUT2D eigenvalue weighted by atomic mass is 10.0. The number of nitrogens with zero attached hydrogens (tertiary/aromatic N) is 4. The first-order valence-corrected chi connectivity index (χ1v) is 13.4. The number of carbonyl (C=O) groups is 1. The Morgan fingerprint density at radius 1 is 1.17 bits per heavy atom. The predicted octanol–water partition coefficient (Wildman–Crippen LogP) is 5.48. The SMILES string of the molecule is CCn1c(N2CCCCCC2)c(/C=C2/SC(=S)N(Cc3ccccc3Cl)C2=O)c(C)c(C#N)c1=O. The minimum atomic E-state index is -0.282. The quantitative estimate of drug-likeness (QED) is 0.379. The van der Waals surface area contributed by atoms with E-state index in [1.165, 1.54) is 11.8 Å². The van der Waals surface area contributed by atoms with Crippen LogP contribution in [0.25, 0.3) is 6.08 Å². The molecule has 0 saturated carbocycles. The van der Waals surface area contributed by atoms with Gasteiger partial charge in [-0.1, -0.05) is 66.6 Å². The number of hydrogen-bond acceptors (Lipinski definition) is 6. The summed E-state index contributed by atoms with van der Waals surface area (Å²) in [5.41, 5.74) is 1.98. The molecule has 6 nitrogen and oxygen atoms in total. The van der Waals surface area contributed by atoms with Crippen LogP contribution >= 0.6 is 35.6 Å². The first kappa shape index (κ1) is 25.5. The third-order valence-corrected chi connectivity index (χ3v) is 8.25. The van der Waals surface area contributed by atoms with Crippen LogP contribution < -0.4 is 10.5 Å². The number of thioether (sulfide) groups is 1. The van der Waals surface area contributed by atoms with Crippen LogP contribution in [-0.2, 0) is 17.9 Å². The number of halogens is 1. The van der Waals surface area contributed by atoms with E-state index in [-0.39, 0.29) is 23.6 Å². The van der Waals surface area contributed by atoms with Crippen LogP contribution in [0.5, 0.6) is 0 Å². The van der Waals surface area contributed by atoms with E-state index >= 15 is 0 Å². The molecule has 0 bridgehead atoms. The molecule has 1 aromatic carbocycles. The van der Waals surface area contributed by atoms with Gasteiger partial charge in [-0.05, 0) is 50.0 Å². The summed E-state index contributed by atoms with van der Waals surface area (Å²) in [6.45, 7) is 6.09. The van der Waals surface area contributed by atoms with Crippen molar-refractivity contribution >= 4 is 57.7 Å². The van der Waals surface area contributed by atoms with E-state index in [9.17, 15) is 14.9 Å². The van der Waals surface area contributed by atoms with Crippen LogP contribution in [0.2, 0.25) is 5.02 Å². The van der Waals surface area contributed by atoms with Crippen molar-refractivity contribution < 1.29 is 4.79 Å². The highest BCUT2D eigenvalue weighted by molar-refractivity contribution is 8.26. The van der Waals surface area contributed by atoms with E-state index in [1.807, 2.05) is 31.2 Å². The maximum Gasteiger partial charge on any atom is 0.270 e. The highest BCUT2D eigenvalue weighted by Gasteiger charge is 2.33. The van der Waals surface area contributed by atoms with Crippen molar-refractivity contribution in [2.45, 2.75) is 52.6 Å². The summed E-state index contributed by atoms with van der Waals surface area (Å²) in [4.78, 5) is 30.9. The smallest absolute Gasteiger partial charge is 0.270 e. The van der Waals surface area contributed by atoms with Gasteiger partial charge in [0.15, 0.2) is 0 Å². The fourth-order valence-corrected chi connectivity index (χ4v) is 6.06. The zero-order valence-electron chi connectivity index (χ0n) is 19.8. The molecular weight excluding hydrogens is 500 g/mol. The van der Waals surface area contributed by atoms with Crippen LogP contribution in [0.15, 0.2) is 34.0 Å². The number of pyridine rings is 1. The third-order valence-electron chi connectivity index (χ3n) is 6.50. The van der Waals surface area contributed by atoms with Gasteiger partial charge in [0, 0.05) is 30.2 Å². The Bertz CT molecular complexity index is 1300. The Morgan fingerprint density at radius 2 is 1.86 bits per heavy atom. The molecular formula is C26H27ClN4O2S2. The van der Waals surface area contributed by atoms with Crippen molar-refractivity contribution in [2.24, 2.45) is 0 Å². The van der Waals surface area contributed by atoms with Gasteiger partial charge in [0.2, 0.25) is 0 Å². The van der Waals surface area contributed by atoms with Gasteiger partial charge in [-0.2, -0.15) is 5.26 Å². The molecule has 2 fully saturated rings. The Kier molecular flexibility index (Phi) is 8.00. The van der Waals surface area contributed by atoms with Gasteiger partial charge in [0.05, 0.1) is 11.4 Å². The van der Waals surface area contributed by atoms with E-state index in [0.29, 0.717) is 26.4 Å². The first-order valence-electron chi connectivity index (χ1n) is 11.8. The van der Waals surface area contributed by atoms with Crippen molar-refractivity contribution in [2.75, 3.05) is 18.0 Å². The zero-order chi connectivity index (χ0) is 25.1. The molecule has 1 aromatic heterocycles. The number of aromatic nitrogens is 1. The fraction of sp³-hybridized carbons (Fsp3) is 0.385. The summed E-state index contributed by atoms with van der Waals surface area (Å²) in [5.74, 6) is 0.584. The summed E-state index contributed by atoms with van der Waals surface area (Å²) in [6, 6.07) is 9.48. The molecule has 0 spiro atoms. The highest BCUT2D eigenvalue weighted by Crippen LogP contribution is 2.37. The Morgan fingerprint density at radius 3 is 2.49 bits per heavy atom. The van der Waals surface area contributed by atoms with Crippen LogP contribution in [0.1, 0.15) is 54.9 Å². The average molecular weight is 527 g/mol. The first-order chi connectivity index (χ1) is 16.9. The molecule has 0 unspecified atom stereocenters. The summed E-state index contributed by atoms with van der Waals surface area (Å²) in [6.07, 6.45) is 6.19. The molecule has 0 aliphatic carbocycles. The maximum absolute atomic E-state index is 13.4. The highest BCUT2D eigenvalue weighted by atomic mass is 35.5. The lowest BCUT2D eigenvalue weighted by Gasteiger charge is -2.29. The lowest BCUT2D eigenvalue weighted by molar-refractivity contribution is -0.122. The number of anilines is 1. The molecule has 0 N–H and O–H groups in total. The van der Waals surface area contributed by atoms with Gasteiger partial charge < -0.3 is 4.90 Å². The number of hydrogen-bond donors (Lipinski definition) is 0. The summed E-state index contributed by atoms with van der Waals surface area (Å²) in [7, 11) is 0. The number of thiocarbonyl (C=S) groups is 1. The summed E-state index contributed by atoms with van der Waals surface area (Å²) >= 11 is 13.1. The van der Waals surface area contributed by atoms with Gasteiger partial charge in [-0.25, -0.2) is 0 Å². The topological polar surface area (TPSA) is 69.3 Å². The van der Waals surface area contributed by atoms with E-state index in [2.05, 4.69) is 11.0 Å². The molecule has 2 aliphatic rings. The summed E-state index contributed by atoms with van der Waals surface area (Å²) < 4.78 is 2.13. The van der Waals surface area contributed by atoms with Crippen molar-refractivity contribution in [1.29, 1.82) is 5.26 Å². The molecule has 0 atom stereocenters. The molecule has 2 aromatic rings. The Balaban J connectivity index is 1.81. The Labute approximate surface area is 220 Å². The van der Waals surface area contributed by atoms with Gasteiger partial charge in [-0.3, -0.25) is 19.1 Å². The number of nitriles is 1. The number of carbonyl (C=O) groups excluding carboxylic acids is 1. The zero-order valence-corrected chi connectivity index (χ0v) is 22.2. The molecule has 2 aliphatic heterocycles. The van der Waals surface area contributed by atoms with Crippen molar-refractivity contribution in [3.05, 3.63) is 66.8 Å². The molecule has 3 heterocycles. The second-order valence-corrected chi connectivity index (χ2v) is 10.7. The van der Waals surface area contributed by atoms with Gasteiger partial charge >= 0.3 is 0 Å². The van der Waals surface area contributed by atoms with Gasteiger partial charge in [-0.15, -0.1) is 0 Å². The van der Waals surface area contributed by atoms with Crippen LogP contribution in [0, 0.1) is 18.3 Å². The molecule has 4 rings (SSSR count). The second kappa shape index (κ2) is 11.0. The van der Waals surface area contributed by atoms with E-state index in [1.54, 1.807) is 22.5 Å². The molecule has 182 valence electrons. The van der Waals surface area contributed by atoms with E-state index in [0.717, 1.165) is 55.7 Å². The standard InChI is InChI=1S/C26H27ClN4O2S2/c1-3-30-23(29-12-8-4-5-9-13-29)19(17(2)20(15-28)24(30)32)14-22-25(33)31(26(34)35-22)16-18-10-6-7-11-21(18)27/h6-7,10-11,14H,3-5,8-9,12-13,16H2,1-2H3/b22-14+. The minimum Gasteiger partial charge on any atom is -0.357 e. The molecule has 9 heteroatoms. The lowest BCUT2D eigenvalue weighted by Crippen LogP contribution is -2.35. The molecule has 35 heavy (non-hydrogen) atoms. The van der Waals surface area contributed by atoms with Gasteiger partial charge in [0.25, 0.3) is 11.5 Å². The monoisotopic (exact) mass is 526 g/mol. The predicted molar refractivity (Wildman–Crippen MR) is 147 cm³/mol. The third kappa shape index (κ3) is 5.04. The largest absolute Gasteiger partial charge is 0.357 e.